The zero-order valence-corrected chi connectivity index (χ0v) is 20.8. The van der Waals surface area contributed by atoms with Crippen molar-refractivity contribution >= 4 is 17.2 Å². The largest absolute Gasteiger partial charge is 0.342 e. The van der Waals surface area contributed by atoms with Crippen molar-refractivity contribution < 1.29 is 31.8 Å². The summed E-state index contributed by atoms with van der Waals surface area (Å²) in [5.74, 6) is -0.358. The maximum atomic E-state index is 13.2. The van der Waals surface area contributed by atoms with E-state index < -0.39 is 43.0 Å². The highest BCUT2D eigenvalue weighted by atomic mass is 32.1. The molecule has 0 N–H and O–H groups in total. The molecule has 0 aliphatic carbocycles. The average Bonchev–Trinajstić information content (AvgIpc) is 3.52. The molecule has 13 heteroatoms. The van der Waals surface area contributed by atoms with Gasteiger partial charge in [0.05, 0.1) is 29.9 Å². The molecule has 4 heterocycles. The summed E-state index contributed by atoms with van der Waals surface area (Å²) >= 11 is 1.48. The van der Waals surface area contributed by atoms with Crippen LogP contribution in [0.25, 0.3) is 0 Å². The van der Waals surface area contributed by atoms with Crippen molar-refractivity contribution in [3.8, 4) is 6.07 Å². The van der Waals surface area contributed by atoms with Crippen molar-refractivity contribution in [1.29, 1.82) is 5.26 Å². The van der Waals surface area contributed by atoms with Gasteiger partial charge < -0.3 is 14.4 Å². The van der Waals surface area contributed by atoms with Crippen LogP contribution in [0.2, 0.25) is 0 Å². The molecule has 1 saturated heterocycles. The zero-order chi connectivity index (χ0) is 26.8. The Morgan fingerprint density at radius 2 is 1.92 bits per heavy atom. The number of piperidine rings is 1. The molecule has 2 aliphatic heterocycles. The number of hydrogen-bond donors (Lipinski definition) is 0. The molecule has 1 atom stereocenters. The quantitative estimate of drug-likeness (QED) is 0.391. The van der Waals surface area contributed by atoms with Gasteiger partial charge in [0.1, 0.15) is 23.6 Å². The molecule has 3 aromatic rings. The monoisotopic (exact) mass is 549 g/mol. The first-order chi connectivity index (χ1) is 18.3. The predicted octanol–water partition coefficient (Wildman–Crippen LogP) is 5.24. The number of aromatic nitrogens is 3. The number of nitrogens with zero attached hydrogens (tertiary/aromatic N) is 5. The third-order valence-electron chi connectivity index (χ3n) is 6.70. The van der Waals surface area contributed by atoms with Crippen LogP contribution in [0.4, 0.5) is 17.6 Å². The van der Waals surface area contributed by atoms with Gasteiger partial charge in [-0.05, 0) is 30.5 Å². The van der Waals surface area contributed by atoms with Crippen LogP contribution in [0.15, 0.2) is 29.6 Å². The number of hydrogen-bond acceptors (Lipinski definition) is 7. The van der Waals surface area contributed by atoms with Crippen molar-refractivity contribution in [1.82, 2.24) is 19.7 Å². The standard InChI is InChI=1S/C25H23F4N5O3S/c26-22(27)18-8-20(23(28)29)34(32-18)10-21(35)33-6-4-14(5-7-33)24-31-19(13-38-24)25-36-11-16-3-1-2-15(9-30)17(16)12-37-25/h1-3,8,13-14,22-23,25H,4-7,10-12H2. The number of fused-ring (bicyclic) bond motifs is 1. The second-order valence-corrected chi connectivity index (χ2v) is 9.92. The Labute approximate surface area is 219 Å². The van der Waals surface area contributed by atoms with E-state index in [4.69, 9.17) is 14.5 Å². The van der Waals surface area contributed by atoms with Gasteiger partial charge in [-0.3, -0.25) is 9.48 Å². The summed E-state index contributed by atoms with van der Waals surface area (Å²) in [5, 5.41) is 15.6. The van der Waals surface area contributed by atoms with Crippen LogP contribution >= 0.6 is 11.3 Å². The first-order valence-corrected chi connectivity index (χ1v) is 12.8. The summed E-state index contributed by atoms with van der Waals surface area (Å²) in [6, 6.07) is 8.27. The molecule has 1 aromatic carbocycles. The third kappa shape index (κ3) is 5.43. The molecular formula is C25H23F4N5O3S. The summed E-state index contributed by atoms with van der Waals surface area (Å²) in [4.78, 5) is 19.0. The Morgan fingerprint density at radius 3 is 2.63 bits per heavy atom. The summed E-state index contributed by atoms with van der Waals surface area (Å²) in [6.07, 6.45) is -5.45. The van der Waals surface area contributed by atoms with Gasteiger partial charge in [0.15, 0.2) is 0 Å². The average molecular weight is 550 g/mol. The number of carbonyl (C=O) groups is 1. The molecule has 200 valence electrons. The van der Waals surface area contributed by atoms with Gasteiger partial charge in [-0.25, -0.2) is 22.5 Å². The summed E-state index contributed by atoms with van der Waals surface area (Å²) < 4.78 is 64.8. The fourth-order valence-electron chi connectivity index (χ4n) is 4.65. The van der Waals surface area contributed by atoms with Crippen LogP contribution < -0.4 is 0 Å². The van der Waals surface area contributed by atoms with Crippen molar-refractivity contribution in [2.75, 3.05) is 13.1 Å². The van der Waals surface area contributed by atoms with Gasteiger partial charge in [0, 0.05) is 30.0 Å². The number of carbonyl (C=O) groups excluding carboxylic acids is 1. The highest BCUT2D eigenvalue weighted by Crippen LogP contribution is 2.35. The summed E-state index contributed by atoms with van der Waals surface area (Å²) in [6.45, 7) is 0.775. The van der Waals surface area contributed by atoms with E-state index in [0.29, 0.717) is 54.5 Å². The van der Waals surface area contributed by atoms with E-state index in [-0.39, 0.29) is 12.5 Å². The topological polar surface area (TPSA) is 93.3 Å². The zero-order valence-electron chi connectivity index (χ0n) is 20.0. The van der Waals surface area contributed by atoms with Crippen molar-refractivity contribution in [3.63, 3.8) is 0 Å². The Morgan fingerprint density at radius 1 is 1.16 bits per heavy atom. The lowest BCUT2D eigenvalue weighted by atomic mass is 9.97. The van der Waals surface area contributed by atoms with Gasteiger partial charge in [-0.15, -0.1) is 11.3 Å². The summed E-state index contributed by atoms with van der Waals surface area (Å²) in [7, 11) is 0. The van der Waals surface area contributed by atoms with E-state index in [2.05, 4.69) is 11.2 Å². The number of thiazole rings is 1. The molecule has 1 amide bonds. The van der Waals surface area contributed by atoms with Crippen LogP contribution in [-0.2, 0) is 34.0 Å². The van der Waals surface area contributed by atoms with Crippen LogP contribution in [0.5, 0.6) is 0 Å². The van der Waals surface area contributed by atoms with Gasteiger partial charge in [-0.1, -0.05) is 12.1 Å². The number of likely N-dealkylation sites (tertiary alicyclic amines) is 1. The normalized spacial score (nSPS) is 18.4. The fourth-order valence-corrected chi connectivity index (χ4v) is 5.64. The van der Waals surface area contributed by atoms with Crippen LogP contribution in [0.1, 0.15) is 76.7 Å². The van der Waals surface area contributed by atoms with Crippen LogP contribution in [0.3, 0.4) is 0 Å². The molecule has 0 spiro atoms. The Bertz CT molecular complexity index is 1350. The molecule has 1 unspecified atom stereocenters. The van der Waals surface area contributed by atoms with Crippen molar-refractivity contribution in [2.45, 2.75) is 57.7 Å². The van der Waals surface area contributed by atoms with Gasteiger partial charge >= 0.3 is 0 Å². The summed E-state index contributed by atoms with van der Waals surface area (Å²) in [5.41, 5.74) is 1.44. The number of amides is 1. The molecule has 0 bridgehead atoms. The number of nitriles is 1. The number of ether oxygens (including phenoxy) is 2. The fraction of sp³-hybridized carbons (Fsp3) is 0.440. The van der Waals surface area contributed by atoms with Gasteiger partial charge in [-0.2, -0.15) is 10.4 Å². The van der Waals surface area contributed by atoms with E-state index in [1.165, 1.54) is 16.2 Å². The second kappa shape index (κ2) is 11.2. The van der Waals surface area contributed by atoms with Crippen molar-refractivity contribution in [2.24, 2.45) is 0 Å². The van der Waals surface area contributed by atoms with E-state index in [0.717, 1.165) is 16.1 Å². The highest BCUT2D eigenvalue weighted by Gasteiger charge is 2.29. The molecule has 0 radical (unpaired) electrons. The molecule has 0 saturated carbocycles. The predicted molar refractivity (Wildman–Crippen MR) is 126 cm³/mol. The van der Waals surface area contributed by atoms with E-state index in [1.54, 1.807) is 6.07 Å². The highest BCUT2D eigenvalue weighted by molar-refractivity contribution is 7.09. The smallest absolute Gasteiger partial charge is 0.282 e. The van der Waals surface area contributed by atoms with Gasteiger partial charge in [0.2, 0.25) is 12.2 Å². The van der Waals surface area contributed by atoms with E-state index in [9.17, 15) is 27.6 Å². The molecule has 1 fully saturated rings. The third-order valence-corrected chi connectivity index (χ3v) is 7.73. The lowest BCUT2D eigenvalue weighted by Gasteiger charge is -2.31. The first-order valence-electron chi connectivity index (χ1n) is 11.9. The molecule has 8 nitrogen and oxygen atoms in total. The Balaban J connectivity index is 1.18. The van der Waals surface area contributed by atoms with E-state index >= 15 is 0 Å². The minimum atomic E-state index is -3.02. The van der Waals surface area contributed by atoms with Gasteiger partial charge in [0.25, 0.3) is 12.9 Å². The minimum absolute atomic E-state index is 0.0951. The van der Waals surface area contributed by atoms with Crippen molar-refractivity contribution in [3.05, 3.63) is 68.4 Å². The lowest BCUT2D eigenvalue weighted by molar-refractivity contribution is -0.155. The second-order valence-electron chi connectivity index (χ2n) is 9.03. The van der Waals surface area contributed by atoms with Crippen LogP contribution in [-0.4, -0.2) is 38.7 Å². The number of rotatable bonds is 6. The molecule has 38 heavy (non-hydrogen) atoms. The Hall–Kier alpha value is -3.34. The Kier molecular flexibility index (Phi) is 7.73. The molecule has 5 rings (SSSR count). The molecule has 2 aliphatic rings. The molecular weight excluding hydrogens is 526 g/mol. The maximum absolute atomic E-state index is 13.2. The molecule has 2 aromatic heterocycles. The maximum Gasteiger partial charge on any atom is 0.282 e. The first kappa shape index (κ1) is 26.3. The number of alkyl halides is 4. The minimum Gasteiger partial charge on any atom is -0.342 e. The lowest BCUT2D eigenvalue weighted by Crippen LogP contribution is -2.40. The van der Waals surface area contributed by atoms with Crippen LogP contribution in [0, 0.1) is 11.3 Å². The number of halogens is 4. The SMILES string of the molecule is N#Cc1cccc2c1COC(c1csc(C3CCN(C(=O)Cn4nc(C(F)F)cc4C(F)F)CC3)n1)OC2. The van der Waals surface area contributed by atoms with E-state index in [1.807, 2.05) is 17.5 Å². The number of benzene rings is 1.